The minimum absolute atomic E-state index is 0.917. The number of hydrogen-bond donors (Lipinski definition) is 1. The zero-order valence-corrected chi connectivity index (χ0v) is 12.3. The molecule has 1 N–H and O–H groups in total. The standard InChI is InChI=1S/C17H23N3/c1-3-18-14-15-8-4-5-10-17(15)20(2)13-11-16-9-6-7-12-19-16/h4-10,12,18H,3,11,13-14H2,1-2H3. The summed E-state index contributed by atoms with van der Waals surface area (Å²) in [5.41, 5.74) is 3.78. The first kappa shape index (κ1) is 14.5. The average Bonchev–Trinajstić information content (AvgIpc) is 2.52. The summed E-state index contributed by atoms with van der Waals surface area (Å²) in [6.45, 7) is 5.01. The topological polar surface area (TPSA) is 28.2 Å². The van der Waals surface area contributed by atoms with Crippen molar-refractivity contribution in [3.05, 3.63) is 59.9 Å². The molecule has 106 valence electrons. The number of anilines is 1. The van der Waals surface area contributed by atoms with Crippen molar-refractivity contribution in [3.63, 3.8) is 0 Å². The second-order valence-corrected chi connectivity index (χ2v) is 4.90. The molecule has 2 aromatic rings. The fourth-order valence-electron chi connectivity index (χ4n) is 2.24. The minimum Gasteiger partial charge on any atom is -0.374 e. The summed E-state index contributed by atoms with van der Waals surface area (Å²) in [4.78, 5) is 6.68. The second-order valence-electron chi connectivity index (χ2n) is 4.90. The van der Waals surface area contributed by atoms with Crippen LogP contribution in [0.3, 0.4) is 0 Å². The largest absolute Gasteiger partial charge is 0.374 e. The van der Waals surface area contributed by atoms with Crippen molar-refractivity contribution in [2.75, 3.05) is 25.0 Å². The fraction of sp³-hybridized carbons (Fsp3) is 0.353. The molecule has 0 atom stereocenters. The maximum Gasteiger partial charge on any atom is 0.0421 e. The van der Waals surface area contributed by atoms with Gasteiger partial charge in [-0.3, -0.25) is 4.98 Å². The highest BCUT2D eigenvalue weighted by Crippen LogP contribution is 2.19. The summed E-state index contributed by atoms with van der Waals surface area (Å²) in [7, 11) is 2.15. The lowest BCUT2D eigenvalue weighted by Gasteiger charge is -2.22. The molecular weight excluding hydrogens is 246 g/mol. The maximum absolute atomic E-state index is 4.38. The third-order valence-corrected chi connectivity index (χ3v) is 3.40. The molecule has 0 saturated carbocycles. The maximum atomic E-state index is 4.38. The molecule has 0 aliphatic heterocycles. The number of benzene rings is 1. The van der Waals surface area contributed by atoms with E-state index in [2.05, 4.69) is 59.5 Å². The summed E-state index contributed by atoms with van der Waals surface area (Å²) < 4.78 is 0. The molecule has 20 heavy (non-hydrogen) atoms. The zero-order chi connectivity index (χ0) is 14.2. The predicted molar refractivity (Wildman–Crippen MR) is 85.0 cm³/mol. The van der Waals surface area contributed by atoms with E-state index in [9.17, 15) is 0 Å². The monoisotopic (exact) mass is 269 g/mol. The molecule has 0 radical (unpaired) electrons. The van der Waals surface area contributed by atoms with Crippen LogP contribution >= 0.6 is 0 Å². The normalized spacial score (nSPS) is 10.5. The van der Waals surface area contributed by atoms with Crippen LogP contribution in [0.25, 0.3) is 0 Å². The molecule has 0 unspecified atom stereocenters. The highest BCUT2D eigenvalue weighted by atomic mass is 15.1. The van der Waals surface area contributed by atoms with E-state index in [1.165, 1.54) is 11.3 Å². The van der Waals surface area contributed by atoms with Crippen LogP contribution in [0.4, 0.5) is 5.69 Å². The lowest BCUT2D eigenvalue weighted by atomic mass is 10.1. The van der Waals surface area contributed by atoms with Gasteiger partial charge in [0.2, 0.25) is 0 Å². The van der Waals surface area contributed by atoms with E-state index in [1.807, 2.05) is 18.3 Å². The molecule has 0 aliphatic rings. The van der Waals surface area contributed by atoms with E-state index in [0.717, 1.165) is 31.7 Å². The first-order valence-corrected chi connectivity index (χ1v) is 7.21. The van der Waals surface area contributed by atoms with E-state index in [0.29, 0.717) is 0 Å². The van der Waals surface area contributed by atoms with Crippen molar-refractivity contribution in [1.29, 1.82) is 0 Å². The molecule has 0 amide bonds. The van der Waals surface area contributed by atoms with Gasteiger partial charge in [0.15, 0.2) is 0 Å². The van der Waals surface area contributed by atoms with Crippen molar-refractivity contribution < 1.29 is 0 Å². The summed E-state index contributed by atoms with van der Waals surface area (Å²) in [6, 6.07) is 14.7. The Labute approximate surface area is 121 Å². The highest BCUT2D eigenvalue weighted by molar-refractivity contribution is 5.53. The molecule has 3 nitrogen and oxygen atoms in total. The van der Waals surface area contributed by atoms with E-state index in [4.69, 9.17) is 0 Å². The van der Waals surface area contributed by atoms with Gasteiger partial charge in [-0.2, -0.15) is 0 Å². The smallest absolute Gasteiger partial charge is 0.0421 e. The summed E-state index contributed by atoms with van der Waals surface area (Å²) >= 11 is 0. The first-order valence-electron chi connectivity index (χ1n) is 7.21. The van der Waals surface area contributed by atoms with Crippen LogP contribution in [0.1, 0.15) is 18.2 Å². The minimum atomic E-state index is 0.917. The molecule has 0 aliphatic carbocycles. The number of pyridine rings is 1. The van der Waals surface area contributed by atoms with Crippen LogP contribution in [0, 0.1) is 0 Å². The Balaban J connectivity index is 1.99. The molecule has 1 heterocycles. The highest BCUT2D eigenvalue weighted by Gasteiger charge is 2.06. The van der Waals surface area contributed by atoms with Gasteiger partial charge >= 0.3 is 0 Å². The van der Waals surface area contributed by atoms with Crippen LogP contribution in [0.2, 0.25) is 0 Å². The van der Waals surface area contributed by atoms with Gasteiger partial charge in [-0.25, -0.2) is 0 Å². The number of likely N-dealkylation sites (N-methyl/N-ethyl adjacent to an activating group) is 1. The van der Waals surface area contributed by atoms with Crippen LogP contribution < -0.4 is 10.2 Å². The Morgan fingerprint density at radius 2 is 1.90 bits per heavy atom. The number of hydrogen-bond acceptors (Lipinski definition) is 3. The third kappa shape index (κ3) is 4.07. The Bertz CT molecular complexity index is 511. The lowest BCUT2D eigenvalue weighted by molar-refractivity contribution is 0.722. The van der Waals surface area contributed by atoms with Crippen molar-refractivity contribution in [2.45, 2.75) is 19.9 Å². The predicted octanol–water partition coefficient (Wildman–Crippen LogP) is 2.87. The lowest BCUT2D eigenvalue weighted by Crippen LogP contribution is -2.23. The van der Waals surface area contributed by atoms with Crippen LogP contribution in [-0.4, -0.2) is 25.1 Å². The van der Waals surface area contributed by atoms with Crippen LogP contribution in [-0.2, 0) is 13.0 Å². The Hall–Kier alpha value is -1.87. The van der Waals surface area contributed by atoms with Crippen molar-refractivity contribution in [2.24, 2.45) is 0 Å². The van der Waals surface area contributed by atoms with Gasteiger partial charge in [-0.1, -0.05) is 31.2 Å². The zero-order valence-electron chi connectivity index (χ0n) is 12.3. The summed E-state index contributed by atoms with van der Waals surface area (Å²) in [5.74, 6) is 0. The van der Waals surface area contributed by atoms with E-state index in [-0.39, 0.29) is 0 Å². The number of aromatic nitrogens is 1. The Kier molecular flexibility index (Phi) is 5.56. The molecule has 3 heteroatoms. The van der Waals surface area contributed by atoms with Crippen LogP contribution in [0.5, 0.6) is 0 Å². The molecule has 1 aromatic heterocycles. The second kappa shape index (κ2) is 7.65. The van der Waals surface area contributed by atoms with E-state index in [1.54, 1.807) is 0 Å². The molecule has 2 rings (SSSR count). The number of rotatable bonds is 7. The van der Waals surface area contributed by atoms with Gasteiger partial charge in [0.25, 0.3) is 0 Å². The molecule has 0 saturated heterocycles. The average molecular weight is 269 g/mol. The molecule has 0 spiro atoms. The fourth-order valence-corrected chi connectivity index (χ4v) is 2.24. The molecular formula is C17H23N3. The number of nitrogens with zero attached hydrogens (tertiary/aromatic N) is 2. The third-order valence-electron chi connectivity index (χ3n) is 3.40. The summed E-state index contributed by atoms with van der Waals surface area (Å²) in [5, 5.41) is 3.39. The van der Waals surface area contributed by atoms with Gasteiger partial charge < -0.3 is 10.2 Å². The Morgan fingerprint density at radius 1 is 1.10 bits per heavy atom. The van der Waals surface area contributed by atoms with Gasteiger partial charge in [-0.05, 0) is 30.3 Å². The quantitative estimate of drug-likeness (QED) is 0.837. The van der Waals surface area contributed by atoms with E-state index < -0.39 is 0 Å². The van der Waals surface area contributed by atoms with Crippen LogP contribution in [0.15, 0.2) is 48.7 Å². The van der Waals surface area contributed by atoms with Gasteiger partial charge in [-0.15, -0.1) is 0 Å². The van der Waals surface area contributed by atoms with Gasteiger partial charge in [0.1, 0.15) is 0 Å². The SMILES string of the molecule is CCNCc1ccccc1N(C)CCc1ccccn1. The summed E-state index contributed by atoms with van der Waals surface area (Å²) in [6.07, 6.45) is 2.82. The van der Waals surface area contributed by atoms with Gasteiger partial charge in [0, 0.05) is 44.1 Å². The van der Waals surface area contributed by atoms with Crippen molar-refractivity contribution in [1.82, 2.24) is 10.3 Å². The number of nitrogens with one attached hydrogen (secondary N) is 1. The van der Waals surface area contributed by atoms with E-state index >= 15 is 0 Å². The molecule has 1 aromatic carbocycles. The van der Waals surface area contributed by atoms with Crippen molar-refractivity contribution in [3.8, 4) is 0 Å². The molecule has 0 bridgehead atoms. The first-order chi connectivity index (χ1) is 9.81. The molecule has 0 fully saturated rings. The van der Waals surface area contributed by atoms with Gasteiger partial charge in [0.05, 0.1) is 0 Å². The Morgan fingerprint density at radius 3 is 2.65 bits per heavy atom. The van der Waals surface area contributed by atoms with Crippen molar-refractivity contribution >= 4 is 5.69 Å². The number of para-hydroxylation sites is 1.